The number of phenols is 1. The molecule has 2 saturated heterocycles. The zero-order chi connectivity index (χ0) is 26.2. The Morgan fingerprint density at radius 1 is 0.972 bits per heavy atom. The van der Waals surface area contributed by atoms with E-state index in [2.05, 4.69) is 25.7 Å². The lowest BCUT2D eigenvalue weighted by Gasteiger charge is -2.32. The molecule has 0 bridgehead atoms. The van der Waals surface area contributed by atoms with Gasteiger partial charge in [0, 0.05) is 57.2 Å². The molecule has 0 aliphatic carbocycles. The van der Waals surface area contributed by atoms with Gasteiger partial charge in [-0.05, 0) is 56.5 Å². The number of phenolic OH excluding ortho intramolecular Hbond substituents is 1. The van der Waals surface area contributed by atoms with Crippen molar-refractivity contribution >= 4 is 11.8 Å². The molecule has 2 aliphatic heterocycles. The number of halogens is 2. The maximum atomic E-state index is 14.8. The monoisotopic (exact) mass is 499 g/mol. The highest BCUT2D eigenvalue weighted by atomic mass is 19.1. The molecule has 36 heavy (non-hydrogen) atoms. The maximum absolute atomic E-state index is 14.8. The lowest BCUT2D eigenvalue weighted by atomic mass is 9.87. The van der Waals surface area contributed by atoms with Crippen molar-refractivity contribution in [3.05, 3.63) is 65.2 Å². The zero-order valence-corrected chi connectivity index (χ0v) is 21.4. The standard InChI is InChI=1S/C28H35F2N3O3/c1-18(34)33-14-13-31(12-11-26(33)19-5-8-21(35)9-6-19)27(36)24-17-32(28(2,3)4)16-23(24)22-10-7-20(29)15-25(22)30/h5-10,15,23-24,26,35H,11-14,16-17H2,1-4H3/t23-,24+,26?/m0/s1. The molecule has 1 N–H and O–H groups in total. The molecule has 2 fully saturated rings. The third-order valence-electron chi connectivity index (χ3n) is 7.60. The summed E-state index contributed by atoms with van der Waals surface area (Å²) >= 11 is 0. The van der Waals surface area contributed by atoms with Crippen LogP contribution in [0.2, 0.25) is 0 Å². The minimum absolute atomic E-state index is 0.0645. The smallest absolute Gasteiger partial charge is 0.227 e. The fourth-order valence-electron chi connectivity index (χ4n) is 5.52. The number of hydrogen-bond acceptors (Lipinski definition) is 4. The second kappa shape index (κ2) is 10.2. The van der Waals surface area contributed by atoms with E-state index in [0.717, 1.165) is 11.6 Å². The van der Waals surface area contributed by atoms with Crippen LogP contribution in [0.5, 0.6) is 5.75 Å². The highest BCUT2D eigenvalue weighted by Crippen LogP contribution is 2.39. The molecule has 0 saturated carbocycles. The number of aromatic hydroxyl groups is 1. The van der Waals surface area contributed by atoms with E-state index in [-0.39, 0.29) is 29.1 Å². The van der Waals surface area contributed by atoms with Gasteiger partial charge >= 0.3 is 0 Å². The minimum Gasteiger partial charge on any atom is -0.508 e. The summed E-state index contributed by atoms with van der Waals surface area (Å²) in [7, 11) is 0. The van der Waals surface area contributed by atoms with Crippen LogP contribution in [-0.4, -0.2) is 69.9 Å². The molecule has 2 aliphatic rings. The molecule has 2 heterocycles. The van der Waals surface area contributed by atoms with Crippen LogP contribution in [0.15, 0.2) is 42.5 Å². The SMILES string of the molecule is CC(=O)N1CCN(C(=O)[C@@H]2CN(C(C)(C)C)C[C@H]2c2ccc(F)cc2F)CCC1c1ccc(O)cc1. The Balaban J connectivity index is 1.60. The zero-order valence-electron chi connectivity index (χ0n) is 21.4. The van der Waals surface area contributed by atoms with Crippen molar-refractivity contribution in [1.29, 1.82) is 0 Å². The molecule has 0 spiro atoms. The average Bonchev–Trinajstić information content (AvgIpc) is 3.13. The molecule has 194 valence electrons. The van der Waals surface area contributed by atoms with Crippen molar-refractivity contribution in [3.8, 4) is 5.75 Å². The molecule has 4 rings (SSSR count). The highest BCUT2D eigenvalue weighted by Gasteiger charge is 2.45. The summed E-state index contributed by atoms with van der Waals surface area (Å²) in [5, 5.41) is 9.67. The molecular formula is C28H35F2N3O3. The molecule has 0 aromatic heterocycles. The fourth-order valence-corrected chi connectivity index (χ4v) is 5.52. The second-order valence-corrected chi connectivity index (χ2v) is 10.9. The van der Waals surface area contributed by atoms with E-state index >= 15 is 0 Å². The number of carbonyl (C=O) groups is 2. The number of benzene rings is 2. The number of likely N-dealkylation sites (tertiary alicyclic amines) is 1. The average molecular weight is 500 g/mol. The van der Waals surface area contributed by atoms with Crippen LogP contribution >= 0.6 is 0 Å². The normalized spacial score (nSPS) is 23.6. The van der Waals surface area contributed by atoms with Crippen molar-refractivity contribution < 1.29 is 23.5 Å². The topological polar surface area (TPSA) is 64.1 Å². The Kier molecular flexibility index (Phi) is 7.36. The van der Waals surface area contributed by atoms with Crippen LogP contribution in [0.1, 0.15) is 57.2 Å². The molecular weight excluding hydrogens is 464 g/mol. The van der Waals surface area contributed by atoms with Gasteiger partial charge in [-0.15, -0.1) is 0 Å². The van der Waals surface area contributed by atoms with Gasteiger partial charge in [-0.2, -0.15) is 0 Å². The summed E-state index contributed by atoms with van der Waals surface area (Å²) in [5.74, 6) is -2.11. The molecule has 2 aromatic rings. The Labute approximate surface area is 211 Å². The van der Waals surface area contributed by atoms with Crippen molar-refractivity contribution in [2.45, 2.75) is 51.6 Å². The van der Waals surface area contributed by atoms with Crippen molar-refractivity contribution in [2.24, 2.45) is 5.92 Å². The molecule has 3 atom stereocenters. The largest absolute Gasteiger partial charge is 0.508 e. The Bertz CT molecular complexity index is 1120. The van der Waals surface area contributed by atoms with E-state index in [0.29, 0.717) is 44.7 Å². The number of carbonyl (C=O) groups excluding carboxylic acids is 2. The van der Waals surface area contributed by atoms with Gasteiger partial charge in [0.25, 0.3) is 0 Å². The van der Waals surface area contributed by atoms with Crippen LogP contribution in [0.25, 0.3) is 0 Å². The number of rotatable bonds is 3. The lowest BCUT2D eigenvalue weighted by Crippen LogP contribution is -2.43. The molecule has 8 heteroatoms. The molecule has 2 amide bonds. The van der Waals surface area contributed by atoms with Gasteiger partial charge in [-0.3, -0.25) is 14.5 Å². The summed E-state index contributed by atoms with van der Waals surface area (Å²) < 4.78 is 28.5. The third-order valence-corrected chi connectivity index (χ3v) is 7.60. The molecule has 1 unspecified atom stereocenters. The van der Waals surface area contributed by atoms with Crippen LogP contribution < -0.4 is 0 Å². The van der Waals surface area contributed by atoms with Crippen molar-refractivity contribution in [1.82, 2.24) is 14.7 Å². The quantitative estimate of drug-likeness (QED) is 0.684. The van der Waals surface area contributed by atoms with E-state index < -0.39 is 23.5 Å². The summed E-state index contributed by atoms with van der Waals surface area (Å²) in [6.45, 7) is 9.94. The number of amides is 2. The lowest BCUT2D eigenvalue weighted by molar-refractivity contribution is -0.136. The molecule has 2 aromatic carbocycles. The van der Waals surface area contributed by atoms with Crippen molar-refractivity contribution in [2.75, 3.05) is 32.7 Å². The van der Waals surface area contributed by atoms with Crippen LogP contribution in [-0.2, 0) is 9.59 Å². The maximum Gasteiger partial charge on any atom is 0.227 e. The summed E-state index contributed by atoms with van der Waals surface area (Å²) in [6, 6.07) is 10.2. The predicted molar refractivity (Wildman–Crippen MR) is 133 cm³/mol. The summed E-state index contributed by atoms with van der Waals surface area (Å²) in [6.07, 6.45) is 0.557. The third kappa shape index (κ3) is 5.38. The minimum atomic E-state index is -0.637. The summed E-state index contributed by atoms with van der Waals surface area (Å²) in [4.78, 5) is 32.1. The number of nitrogens with zero attached hydrogens (tertiary/aromatic N) is 3. The second-order valence-electron chi connectivity index (χ2n) is 10.9. The van der Waals surface area contributed by atoms with Gasteiger partial charge in [-0.25, -0.2) is 8.78 Å². The van der Waals surface area contributed by atoms with Gasteiger partial charge in [0.05, 0.1) is 12.0 Å². The highest BCUT2D eigenvalue weighted by molar-refractivity contribution is 5.81. The van der Waals surface area contributed by atoms with E-state index in [1.54, 1.807) is 34.1 Å². The van der Waals surface area contributed by atoms with Gasteiger partial charge in [0.2, 0.25) is 11.8 Å². The number of hydrogen-bond donors (Lipinski definition) is 1. The van der Waals surface area contributed by atoms with E-state index in [1.807, 2.05) is 0 Å². The Morgan fingerprint density at radius 2 is 1.67 bits per heavy atom. The van der Waals surface area contributed by atoms with Crippen LogP contribution in [0, 0.1) is 17.6 Å². The Hall–Kier alpha value is -3.00. The Morgan fingerprint density at radius 3 is 2.28 bits per heavy atom. The molecule has 0 radical (unpaired) electrons. The van der Waals surface area contributed by atoms with E-state index in [1.165, 1.54) is 19.1 Å². The predicted octanol–water partition coefficient (Wildman–Crippen LogP) is 4.31. The fraction of sp³-hybridized carbons (Fsp3) is 0.500. The first-order valence-electron chi connectivity index (χ1n) is 12.5. The van der Waals surface area contributed by atoms with Gasteiger partial charge in [0.1, 0.15) is 17.4 Å². The first kappa shape index (κ1) is 26.1. The first-order valence-corrected chi connectivity index (χ1v) is 12.5. The van der Waals surface area contributed by atoms with Crippen LogP contribution in [0.4, 0.5) is 8.78 Å². The van der Waals surface area contributed by atoms with E-state index in [9.17, 15) is 23.5 Å². The van der Waals surface area contributed by atoms with Gasteiger partial charge < -0.3 is 14.9 Å². The van der Waals surface area contributed by atoms with Gasteiger partial charge in [-0.1, -0.05) is 18.2 Å². The van der Waals surface area contributed by atoms with Gasteiger partial charge in [0.15, 0.2) is 0 Å². The summed E-state index contributed by atoms with van der Waals surface area (Å²) in [5.41, 5.74) is 1.06. The molecule has 6 nitrogen and oxygen atoms in total. The van der Waals surface area contributed by atoms with E-state index in [4.69, 9.17) is 0 Å². The van der Waals surface area contributed by atoms with Crippen LogP contribution in [0.3, 0.4) is 0 Å². The first-order chi connectivity index (χ1) is 17.0. The van der Waals surface area contributed by atoms with Crippen molar-refractivity contribution in [3.63, 3.8) is 0 Å².